The number of piperazine rings is 1. The van der Waals surface area contributed by atoms with Crippen molar-refractivity contribution in [3.63, 3.8) is 0 Å². The molecule has 1 unspecified atom stereocenters. The molecule has 2 rings (SSSR count). The Labute approximate surface area is 151 Å². The lowest BCUT2D eigenvalue weighted by Crippen LogP contribution is -2.59. The fraction of sp³-hybridized carbons (Fsp3) is 0.556. The van der Waals surface area contributed by atoms with Crippen molar-refractivity contribution in [1.82, 2.24) is 9.80 Å². The smallest absolute Gasteiger partial charge is 0.410 e. The Kier molecular flexibility index (Phi) is 6.39. The van der Waals surface area contributed by atoms with Gasteiger partial charge in [-0.1, -0.05) is 30.3 Å². The van der Waals surface area contributed by atoms with Crippen molar-refractivity contribution in [2.45, 2.75) is 45.4 Å². The molecule has 1 aliphatic heterocycles. The first-order valence-corrected chi connectivity index (χ1v) is 8.41. The molecule has 0 aliphatic carbocycles. The van der Waals surface area contributed by atoms with Crippen LogP contribution in [0.1, 0.15) is 26.3 Å². The van der Waals surface area contributed by atoms with Crippen molar-refractivity contribution >= 4 is 12.2 Å². The van der Waals surface area contributed by atoms with Crippen LogP contribution < -0.4 is 0 Å². The molecule has 6 nitrogen and oxygen atoms in total. The van der Waals surface area contributed by atoms with Crippen LogP contribution in [-0.4, -0.2) is 59.7 Å². The lowest BCUT2D eigenvalue weighted by Gasteiger charge is -2.40. The van der Waals surface area contributed by atoms with E-state index >= 15 is 0 Å². The number of carbonyl (C=O) groups is 2. The third-order valence-electron chi connectivity index (χ3n) is 3.80. The molecule has 8 heteroatoms. The molecule has 2 amide bonds. The maximum absolute atomic E-state index is 13.4. The topological polar surface area (TPSA) is 59.1 Å². The summed E-state index contributed by atoms with van der Waals surface area (Å²) >= 11 is 0. The maximum Gasteiger partial charge on any atom is 0.410 e. The van der Waals surface area contributed by atoms with Gasteiger partial charge in [0.2, 0.25) is 0 Å². The van der Waals surface area contributed by atoms with E-state index in [1.807, 2.05) is 6.07 Å². The van der Waals surface area contributed by atoms with E-state index in [-0.39, 0.29) is 26.2 Å². The number of hydrogen-bond acceptors (Lipinski definition) is 4. The third-order valence-corrected chi connectivity index (χ3v) is 3.80. The van der Waals surface area contributed by atoms with Crippen LogP contribution in [0.25, 0.3) is 0 Å². The molecule has 1 aromatic carbocycles. The van der Waals surface area contributed by atoms with E-state index in [0.29, 0.717) is 0 Å². The second-order valence-electron chi connectivity index (χ2n) is 7.06. The summed E-state index contributed by atoms with van der Waals surface area (Å²) in [6.45, 7) is 4.88. The van der Waals surface area contributed by atoms with Gasteiger partial charge in [-0.25, -0.2) is 18.4 Å². The van der Waals surface area contributed by atoms with Gasteiger partial charge in [0, 0.05) is 13.1 Å². The maximum atomic E-state index is 13.4. The Morgan fingerprint density at radius 1 is 1.15 bits per heavy atom. The second-order valence-corrected chi connectivity index (χ2v) is 7.06. The van der Waals surface area contributed by atoms with Crippen LogP contribution in [0.3, 0.4) is 0 Å². The van der Waals surface area contributed by atoms with Gasteiger partial charge in [0.25, 0.3) is 6.43 Å². The molecule has 1 heterocycles. The zero-order valence-electron chi connectivity index (χ0n) is 15.2. The Morgan fingerprint density at radius 2 is 1.81 bits per heavy atom. The van der Waals surface area contributed by atoms with E-state index in [4.69, 9.17) is 9.47 Å². The lowest BCUT2D eigenvalue weighted by molar-refractivity contribution is -0.0347. The molecule has 0 aromatic heterocycles. The van der Waals surface area contributed by atoms with Crippen LogP contribution in [0.2, 0.25) is 0 Å². The molecule has 1 fully saturated rings. The van der Waals surface area contributed by atoms with E-state index in [1.165, 1.54) is 4.90 Å². The quantitative estimate of drug-likeness (QED) is 0.817. The number of nitrogens with zero attached hydrogens (tertiary/aromatic N) is 2. The van der Waals surface area contributed by atoms with E-state index < -0.39 is 30.3 Å². The van der Waals surface area contributed by atoms with Crippen LogP contribution in [0.4, 0.5) is 18.4 Å². The number of ether oxygens (including phenoxy) is 2. The van der Waals surface area contributed by atoms with Gasteiger partial charge in [0.1, 0.15) is 18.2 Å². The molecule has 26 heavy (non-hydrogen) atoms. The number of rotatable bonds is 3. The standard InChI is InChI=1S/C18H24F2N2O4/c1-18(2,3)26-16(23)21-9-10-22(14(11-21)15(19)20)17(24)25-12-13-7-5-4-6-8-13/h4-8,14-15H,9-12H2,1-3H3. The fourth-order valence-electron chi connectivity index (χ4n) is 2.55. The average molecular weight is 370 g/mol. The normalized spacial score (nSPS) is 18.0. The Morgan fingerprint density at radius 3 is 2.38 bits per heavy atom. The summed E-state index contributed by atoms with van der Waals surface area (Å²) in [6.07, 6.45) is -4.28. The number of carbonyl (C=O) groups excluding carboxylic acids is 2. The summed E-state index contributed by atoms with van der Waals surface area (Å²) in [4.78, 5) is 26.5. The second kappa shape index (κ2) is 8.33. The predicted octanol–water partition coefficient (Wildman–Crippen LogP) is 3.51. The van der Waals surface area contributed by atoms with Crippen LogP contribution in [0.5, 0.6) is 0 Å². The molecule has 0 saturated carbocycles. The number of hydrogen-bond donors (Lipinski definition) is 0. The van der Waals surface area contributed by atoms with Crippen LogP contribution in [0.15, 0.2) is 30.3 Å². The first kappa shape index (κ1) is 19.9. The molecule has 1 aromatic rings. The van der Waals surface area contributed by atoms with Gasteiger partial charge in [-0.3, -0.25) is 4.90 Å². The van der Waals surface area contributed by atoms with Gasteiger partial charge in [-0.05, 0) is 26.3 Å². The van der Waals surface area contributed by atoms with E-state index in [2.05, 4.69) is 0 Å². The highest BCUT2D eigenvalue weighted by molar-refractivity contribution is 5.71. The zero-order chi connectivity index (χ0) is 19.3. The number of alkyl halides is 2. The summed E-state index contributed by atoms with van der Waals surface area (Å²) in [5.74, 6) is 0. The summed E-state index contributed by atoms with van der Waals surface area (Å²) in [6, 6.07) is 7.54. The van der Waals surface area contributed by atoms with Crippen LogP contribution in [0, 0.1) is 0 Å². The molecule has 0 bridgehead atoms. The van der Waals surface area contributed by atoms with Crippen molar-refractivity contribution in [2.24, 2.45) is 0 Å². The van der Waals surface area contributed by atoms with Crippen molar-refractivity contribution in [2.75, 3.05) is 19.6 Å². The van der Waals surface area contributed by atoms with Crippen molar-refractivity contribution in [1.29, 1.82) is 0 Å². The Bertz CT molecular complexity index is 619. The van der Waals surface area contributed by atoms with E-state index in [9.17, 15) is 18.4 Å². The van der Waals surface area contributed by atoms with Gasteiger partial charge >= 0.3 is 12.2 Å². The first-order chi connectivity index (χ1) is 12.2. The van der Waals surface area contributed by atoms with Gasteiger partial charge < -0.3 is 14.4 Å². The molecule has 1 aliphatic rings. The molecular weight excluding hydrogens is 346 g/mol. The number of benzene rings is 1. The molecule has 1 saturated heterocycles. The minimum atomic E-state index is -2.80. The summed E-state index contributed by atoms with van der Waals surface area (Å²) < 4.78 is 37.2. The van der Waals surface area contributed by atoms with Crippen molar-refractivity contribution < 1.29 is 27.8 Å². The third kappa shape index (κ3) is 5.57. The minimum Gasteiger partial charge on any atom is -0.445 e. The highest BCUT2D eigenvalue weighted by Gasteiger charge is 2.39. The van der Waals surface area contributed by atoms with Crippen LogP contribution >= 0.6 is 0 Å². The molecule has 1 atom stereocenters. The van der Waals surface area contributed by atoms with Crippen LogP contribution in [-0.2, 0) is 16.1 Å². The van der Waals surface area contributed by atoms with E-state index in [0.717, 1.165) is 10.5 Å². The molecule has 0 N–H and O–H groups in total. The van der Waals surface area contributed by atoms with Gasteiger partial charge in [-0.15, -0.1) is 0 Å². The van der Waals surface area contributed by atoms with Crippen molar-refractivity contribution in [3.05, 3.63) is 35.9 Å². The number of halogens is 2. The zero-order valence-corrected chi connectivity index (χ0v) is 15.2. The molecule has 0 spiro atoms. The summed E-state index contributed by atoms with van der Waals surface area (Å²) in [7, 11) is 0. The first-order valence-electron chi connectivity index (χ1n) is 8.41. The largest absolute Gasteiger partial charge is 0.445 e. The van der Waals surface area contributed by atoms with E-state index in [1.54, 1.807) is 45.0 Å². The monoisotopic (exact) mass is 370 g/mol. The fourth-order valence-corrected chi connectivity index (χ4v) is 2.55. The summed E-state index contributed by atoms with van der Waals surface area (Å²) in [5.41, 5.74) is 0.0465. The SMILES string of the molecule is CC(C)(C)OC(=O)N1CCN(C(=O)OCc2ccccc2)C(C(F)F)C1. The Balaban J connectivity index is 1.97. The minimum absolute atomic E-state index is 0.00190. The highest BCUT2D eigenvalue weighted by Crippen LogP contribution is 2.20. The number of amides is 2. The van der Waals surface area contributed by atoms with Crippen molar-refractivity contribution in [3.8, 4) is 0 Å². The predicted molar refractivity (Wildman–Crippen MR) is 90.9 cm³/mol. The lowest BCUT2D eigenvalue weighted by atomic mass is 10.2. The highest BCUT2D eigenvalue weighted by atomic mass is 19.3. The molecule has 0 radical (unpaired) electrons. The van der Waals surface area contributed by atoms with Gasteiger partial charge in [-0.2, -0.15) is 0 Å². The van der Waals surface area contributed by atoms with Gasteiger partial charge in [0.05, 0.1) is 6.54 Å². The molecular formula is C18H24F2N2O4. The summed E-state index contributed by atoms with van der Waals surface area (Å²) in [5, 5.41) is 0. The Hall–Kier alpha value is -2.38. The van der Waals surface area contributed by atoms with Gasteiger partial charge in [0.15, 0.2) is 0 Å². The molecule has 144 valence electrons. The average Bonchev–Trinajstić information content (AvgIpc) is 2.58.